The molecule has 0 N–H and O–H groups in total. The maximum absolute atomic E-state index is 13.5. The maximum Gasteiger partial charge on any atom is 0.338 e. The predicted octanol–water partition coefficient (Wildman–Crippen LogP) is 12.1. The highest BCUT2D eigenvalue weighted by atomic mass is 16.6. The summed E-state index contributed by atoms with van der Waals surface area (Å²) < 4.78 is 33.6. The third-order valence-corrected chi connectivity index (χ3v) is 11.2. The van der Waals surface area contributed by atoms with Crippen LogP contribution in [0.25, 0.3) is 0 Å². The molecule has 10 heteroatoms. The number of rotatable bonds is 38. The molecule has 0 fully saturated rings. The summed E-state index contributed by atoms with van der Waals surface area (Å²) in [6.07, 6.45) is 26.0. The second kappa shape index (κ2) is 35.9. The number of carbonyl (C=O) groups is 4. The van der Waals surface area contributed by atoms with Crippen molar-refractivity contribution in [1.29, 1.82) is 0 Å². The minimum atomic E-state index is -0.432. The summed E-state index contributed by atoms with van der Waals surface area (Å²) in [5.74, 6) is -1.20. The second-order valence-corrected chi connectivity index (χ2v) is 15.9. The average Bonchev–Trinajstić information content (AvgIpc) is 3.24. The Bertz CT molecular complexity index is 1190. The lowest BCUT2D eigenvalue weighted by atomic mass is 9.99. The summed E-state index contributed by atoms with van der Waals surface area (Å²) in [6.45, 7) is 4.43. The van der Waals surface area contributed by atoms with Gasteiger partial charge in [-0.2, -0.15) is 0 Å². The third-order valence-electron chi connectivity index (χ3n) is 11.2. The molecular formula is C48H82O10. The number of unbranched alkanes of at least 4 members (excludes halogenated alkanes) is 18. The highest BCUT2D eigenvalue weighted by Crippen LogP contribution is 2.24. The monoisotopic (exact) mass is 819 g/mol. The standard InChI is InChI=1S/C48H82O10/c1-7-9-11-13-17-23-29-41(53-3)44(32-26-20-16-22-28-34-46(50)56-6)58-48(52)40-37-35-39(36-38-40)47(51)57-43(31-25-18-14-12-10-8-2)42(54-4)30-24-19-15-21-27-33-45(49)55-5/h35-38,41-44H,7-34H2,1-6H3. The normalized spacial score (nSPS) is 13.3. The topological polar surface area (TPSA) is 124 Å². The van der Waals surface area contributed by atoms with E-state index >= 15 is 0 Å². The summed E-state index contributed by atoms with van der Waals surface area (Å²) >= 11 is 0. The second-order valence-electron chi connectivity index (χ2n) is 15.9. The lowest BCUT2D eigenvalue weighted by Crippen LogP contribution is -2.33. The zero-order chi connectivity index (χ0) is 42.6. The quantitative estimate of drug-likeness (QED) is 0.0362. The van der Waals surface area contributed by atoms with Crippen LogP contribution in [0.2, 0.25) is 0 Å². The molecule has 4 unspecified atom stereocenters. The fraction of sp³-hybridized carbons (Fsp3) is 0.792. The molecule has 0 spiro atoms. The molecule has 334 valence electrons. The number of carbonyl (C=O) groups excluding carboxylic acids is 4. The molecular weight excluding hydrogens is 737 g/mol. The number of methoxy groups -OCH3 is 4. The van der Waals surface area contributed by atoms with Gasteiger partial charge < -0.3 is 28.4 Å². The van der Waals surface area contributed by atoms with Crippen LogP contribution in [0.15, 0.2) is 24.3 Å². The first-order valence-electron chi connectivity index (χ1n) is 23.0. The van der Waals surface area contributed by atoms with Crippen molar-refractivity contribution < 1.29 is 47.6 Å². The number of hydrogen-bond donors (Lipinski definition) is 0. The van der Waals surface area contributed by atoms with Gasteiger partial charge in [-0.1, -0.05) is 129 Å². The Morgan fingerprint density at radius 2 is 0.672 bits per heavy atom. The van der Waals surface area contributed by atoms with Crippen molar-refractivity contribution in [3.05, 3.63) is 35.4 Å². The van der Waals surface area contributed by atoms with Crippen molar-refractivity contribution in [2.24, 2.45) is 0 Å². The van der Waals surface area contributed by atoms with Gasteiger partial charge in [0.1, 0.15) is 12.2 Å². The van der Waals surface area contributed by atoms with E-state index in [-0.39, 0.29) is 36.4 Å². The number of ether oxygens (including phenoxy) is 6. The zero-order valence-electron chi connectivity index (χ0n) is 37.5. The van der Waals surface area contributed by atoms with Crippen molar-refractivity contribution in [3.8, 4) is 0 Å². The van der Waals surface area contributed by atoms with E-state index < -0.39 is 11.9 Å². The first-order valence-corrected chi connectivity index (χ1v) is 23.0. The molecule has 1 rings (SSSR count). The summed E-state index contributed by atoms with van der Waals surface area (Å²) in [6, 6.07) is 6.57. The van der Waals surface area contributed by atoms with E-state index in [0.29, 0.717) is 30.4 Å². The van der Waals surface area contributed by atoms with Crippen LogP contribution in [0.4, 0.5) is 0 Å². The van der Waals surface area contributed by atoms with Gasteiger partial charge in [0.05, 0.1) is 37.6 Å². The Balaban J connectivity index is 2.91. The van der Waals surface area contributed by atoms with E-state index in [1.165, 1.54) is 65.6 Å². The lowest BCUT2D eigenvalue weighted by Gasteiger charge is -2.27. The van der Waals surface area contributed by atoms with Crippen LogP contribution >= 0.6 is 0 Å². The third kappa shape index (κ3) is 25.5. The van der Waals surface area contributed by atoms with Gasteiger partial charge in [-0.3, -0.25) is 9.59 Å². The van der Waals surface area contributed by atoms with Crippen molar-refractivity contribution in [2.75, 3.05) is 28.4 Å². The van der Waals surface area contributed by atoms with E-state index in [9.17, 15) is 19.2 Å². The summed E-state index contributed by atoms with van der Waals surface area (Å²) in [5, 5.41) is 0. The molecule has 0 aliphatic carbocycles. The van der Waals surface area contributed by atoms with Gasteiger partial charge >= 0.3 is 23.9 Å². The number of esters is 4. The van der Waals surface area contributed by atoms with Crippen molar-refractivity contribution >= 4 is 23.9 Å². The zero-order valence-corrected chi connectivity index (χ0v) is 37.5. The van der Waals surface area contributed by atoms with E-state index in [4.69, 9.17) is 28.4 Å². The van der Waals surface area contributed by atoms with Crippen LogP contribution in [0.5, 0.6) is 0 Å². The molecule has 0 amide bonds. The molecule has 0 saturated carbocycles. The smallest absolute Gasteiger partial charge is 0.338 e. The van der Waals surface area contributed by atoms with Gasteiger partial charge in [-0.15, -0.1) is 0 Å². The first-order chi connectivity index (χ1) is 28.2. The fourth-order valence-electron chi connectivity index (χ4n) is 7.45. The Labute approximate surface area is 352 Å². The lowest BCUT2D eigenvalue weighted by molar-refractivity contribution is -0.141. The molecule has 0 radical (unpaired) electrons. The minimum absolute atomic E-state index is 0.166. The van der Waals surface area contributed by atoms with Gasteiger partial charge in [-0.05, 0) is 75.6 Å². The largest absolute Gasteiger partial charge is 0.469 e. The highest BCUT2D eigenvalue weighted by Gasteiger charge is 2.27. The molecule has 0 aliphatic heterocycles. The van der Waals surface area contributed by atoms with Crippen LogP contribution in [0.3, 0.4) is 0 Å². The van der Waals surface area contributed by atoms with Crippen LogP contribution in [0.1, 0.15) is 214 Å². The average molecular weight is 819 g/mol. The minimum Gasteiger partial charge on any atom is -0.469 e. The van der Waals surface area contributed by atoms with E-state index in [0.717, 1.165) is 109 Å². The van der Waals surface area contributed by atoms with E-state index in [2.05, 4.69) is 13.8 Å². The Hall–Kier alpha value is -2.98. The molecule has 1 aromatic rings. The first kappa shape index (κ1) is 53.0. The summed E-state index contributed by atoms with van der Waals surface area (Å²) in [5.41, 5.74) is 0.760. The Morgan fingerprint density at radius 3 is 0.966 bits per heavy atom. The molecule has 0 bridgehead atoms. The predicted molar refractivity (Wildman–Crippen MR) is 231 cm³/mol. The Morgan fingerprint density at radius 1 is 0.397 bits per heavy atom. The summed E-state index contributed by atoms with van der Waals surface area (Å²) in [4.78, 5) is 49.9. The van der Waals surface area contributed by atoms with Gasteiger partial charge in [0, 0.05) is 27.1 Å². The van der Waals surface area contributed by atoms with Crippen molar-refractivity contribution in [1.82, 2.24) is 0 Å². The van der Waals surface area contributed by atoms with Crippen LogP contribution in [-0.2, 0) is 38.0 Å². The van der Waals surface area contributed by atoms with Crippen LogP contribution in [0, 0.1) is 0 Å². The molecule has 0 heterocycles. The van der Waals surface area contributed by atoms with Gasteiger partial charge in [-0.25, -0.2) is 9.59 Å². The SMILES string of the molecule is CCCCCCCCC(OC)C(CCCCCCCC(=O)OC)OC(=O)c1ccc(C(=O)OC(CCCCCCCC)C(CCCCCCCC(=O)OC)OC)cc1. The summed E-state index contributed by atoms with van der Waals surface area (Å²) in [7, 11) is 6.22. The Kier molecular flexibility index (Phi) is 32.8. The molecule has 1 aromatic carbocycles. The van der Waals surface area contributed by atoms with E-state index in [1.54, 1.807) is 38.5 Å². The highest BCUT2D eigenvalue weighted by molar-refractivity contribution is 5.93. The van der Waals surface area contributed by atoms with Crippen molar-refractivity contribution in [2.45, 2.75) is 218 Å². The maximum atomic E-state index is 13.5. The number of benzene rings is 1. The molecule has 58 heavy (non-hydrogen) atoms. The van der Waals surface area contributed by atoms with Crippen LogP contribution < -0.4 is 0 Å². The molecule has 0 saturated heterocycles. The van der Waals surface area contributed by atoms with Crippen LogP contribution in [-0.4, -0.2) is 76.7 Å². The van der Waals surface area contributed by atoms with Crippen molar-refractivity contribution in [3.63, 3.8) is 0 Å². The van der Waals surface area contributed by atoms with E-state index in [1.807, 2.05) is 0 Å². The van der Waals surface area contributed by atoms with Gasteiger partial charge in [0.15, 0.2) is 0 Å². The van der Waals surface area contributed by atoms with Gasteiger partial charge in [0.2, 0.25) is 0 Å². The molecule has 0 aromatic heterocycles. The van der Waals surface area contributed by atoms with Gasteiger partial charge in [0.25, 0.3) is 0 Å². The molecule has 10 nitrogen and oxygen atoms in total. The number of hydrogen-bond acceptors (Lipinski definition) is 10. The molecule has 0 aliphatic rings. The fourth-order valence-corrected chi connectivity index (χ4v) is 7.45. The molecule has 4 atom stereocenters.